The maximum atomic E-state index is 4.40. The molecule has 78 valence electrons. The van der Waals surface area contributed by atoms with Crippen LogP contribution in [-0.4, -0.2) is 9.97 Å². The highest BCUT2D eigenvalue weighted by Gasteiger charge is 2.02. The highest BCUT2D eigenvalue weighted by molar-refractivity contribution is 7.15. The number of rotatable bonds is 3. The fourth-order valence-electron chi connectivity index (χ4n) is 1.22. The van der Waals surface area contributed by atoms with Gasteiger partial charge in [0.05, 0.1) is 17.9 Å². The smallest absolute Gasteiger partial charge is 0.183 e. The summed E-state index contributed by atoms with van der Waals surface area (Å²) in [6.07, 6.45) is 1.80. The summed E-state index contributed by atoms with van der Waals surface area (Å²) in [6.45, 7) is 4.84. The fraction of sp³-hybridized carbons (Fsp3) is 0.273. The minimum atomic E-state index is 0.729. The molecule has 0 aromatic carbocycles. The van der Waals surface area contributed by atoms with Crippen molar-refractivity contribution in [2.24, 2.45) is 0 Å². The van der Waals surface area contributed by atoms with E-state index in [-0.39, 0.29) is 0 Å². The Morgan fingerprint density at radius 1 is 1.33 bits per heavy atom. The van der Waals surface area contributed by atoms with Crippen molar-refractivity contribution in [2.75, 3.05) is 5.32 Å². The van der Waals surface area contributed by atoms with Gasteiger partial charge in [-0.25, -0.2) is 4.98 Å². The summed E-state index contributed by atoms with van der Waals surface area (Å²) in [6, 6.07) is 5.91. The summed E-state index contributed by atoms with van der Waals surface area (Å²) >= 11 is 1.68. The summed E-state index contributed by atoms with van der Waals surface area (Å²) in [5, 5.41) is 4.24. The minimum absolute atomic E-state index is 0.729. The number of aromatic nitrogens is 2. The molecule has 0 aliphatic carbocycles. The Kier molecular flexibility index (Phi) is 2.97. The van der Waals surface area contributed by atoms with Gasteiger partial charge in [-0.15, -0.1) is 11.3 Å². The molecule has 0 saturated carbocycles. The lowest BCUT2D eigenvalue weighted by Crippen LogP contribution is -2.00. The second kappa shape index (κ2) is 4.40. The van der Waals surface area contributed by atoms with E-state index in [0.717, 1.165) is 23.1 Å². The van der Waals surface area contributed by atoms with Crippen molar-refractivity contribution in [3.05, 3.63) is 40.7 Å². The number of aryl methyl sites for hydroxylation is 2. The highest BCUT2D eigenvalue weighted by Crippen LogP contribution is 2.21. The molecule has 0 amide bonds. The molecule has 15 heavy (non-hydrogen) atoms. The van der Waals surface area contributed by atoms with Crippen molar-refractivity contribution in [3.63, 3.8) is 0 Å². The maximum Gasteiger partial charge on any atom is 0.183 e. The van der Waals surface area contributed by atoms with E-state index >= 15 is 0 Å². The first kappa shape index (κ1) is 10.1. The summed E-state index contributed by atoms with van der Waals surface area (Å²) in [7, 11) is 0. The van der Waals surface area contributed by atoms with Gasteiger partial charge >= 0.3 is 0 Å². The summed E-state index contributed by atoms with van der Waals surface area (Å²) in [4.78, 5) is 9.90. The van der Waals surface area contributed by atoms with Crippen LogP contribution < -0.4 is 5.32 Å². The van der Waals surface area contributed by atoms with Crippen LogP contribution in [-0.2, 0) is 6.54 Å². The second-order valence-corrected chi connectivity index (χ2v) is 4.54. The van der Waals surface area contributed by atoms with E-state index in [9.17, 15) is 0 Å². The molecule has 0 atom stereocenters. The molecule has 1 N–H and O–H groups in total. The first-order valence-corrected chi connectivity index (χ1v) is 5.65. The third kappa shape index (κ3) is 2.53. The largest absolute Gasteiger partial charge is 0.356 e. The zero-order valence-corrected chi connectivity index (χ0v) is 9.64. The van der Waals surface area contributed by atoms with Crippen molar-refractivity contribution in [1.29, 1.82) is 0 Å². The zero-order valence-electron chi connectivity index (χ0n) is 8.82. The van der Waals surface area contributed by atoms with E-state index in [1.807, 2.05) is 25.1 Å². The van der Waals surface area contributed by atoms with Gasteiger partial charge in [0.25, 0.3) is 0 Å². The van der Waals surface area contributed by atoms with Crippen LogP contribution in [0.5, 0.6) is 0 Å². The second-order valence-electron chi connectivity index (χ2n) is 3.34. The van der Waals surface area contributed by atoms with E-state index in [1.165, 1.54) is 4.88 Å². The third-order valence-corrected chi connectivity index (χ3v) is 3.21. The van der Waals surface area contributed by atoms with Gasteiger partial charge in [0.15, 0.2) is 5.13 Å². The maximum absolute atomic E-state index is 4.40. The van der Waals surface area contributed by atoms with Gasteiger partial charge in [0, 0.05) is 11.1 Å². The number of thiazole rings is 1. The van der Waals surface area contributed by atoms with E-state index in [0.29, 0.717) is 0 Å². The molecule has 0 aliphatic heterocycles. The summed E-state index contributed by atoms with van der Waals surface area (Å²) in [5.41, 5.74) is 2.13. The molecule has 0 bridgehead atoms. The van der Waals surface area contributed by atoms with Crippen LogP contribution in [0.2, 0.25) is 0 Å². The topological polar surface area (TPSA) is 37.8 Å². The number of hydrogen-bond acceptors (Lipinski definition) is 4. The molecule has 0 unspecified atom stereocenters. The predicted octanol–water partition coefficient (Wildman–Crippen LogP) is 2.77. The molecule has 3 nitrogen and oxygen atoms in total. The average molecular weight is 219 g/mol. The summed E-state index contributed by atoms with van der Waals surface area (Å²) < 4.78 is 0. The summed E-state index contributed by atoms with van der Waals surface area (Å²) in [5.74, 6) is 0. The van der Waals surface area contributed by atoms with E-state index in [4.69, 9.17) is 0 Å². The Morgan fingerprint density at radius 2 is 2.20 bits per heavy atom. The lowest BCUT2D eigenvalue weighted by molar-refractivity contribution is 1.04. The number of hydrogen-bond donors (Lipinski definition) is 1. The van der Waals surface area contributed by atoms with Gasteiger partial charge in [0.1, 0.15) is 0 Å². The molecule has 0 fully saturated rings. The van der Waals surface area contributed by atoms with E-state index < -0.39 is 0 Å². The Hall–Kier alpha value is -1.42. The molecule has 4 heteroatoms. The minimum Gasteiger partial charge on any atom is -0.356 e. The Balaban J connectivity index is 1.99. The number of nitrogens with one attached hydrogen (secondary N) is 1. The standard InChI is InChI=1S/C11H13N3S/c1-8-9(2)15-11(14-8)13-7-10-5-3-4-6-12-10/h3-6H,7H2,1-2H3,(H,13,14). The molecular formula is C11H13N3S. The van der Waals surface area contributed by atoms with Crippen molar-refractivity contribution in [2.45, 2.75) is 20.4 Å². The molecular weight excluding hydrogens is 206 g/mol. The van der Waals surface area contributed by atoms with E-state index in [1.54, 1.807) is 17.5 Å². The van der Waals surface area contributed by atoms with Crippen molar-refractivity contribution >= 4 is 16.5 Å². The van der Waals surface area contributed by atoms with Crippen LogP contribution in [0.4, 0.5) is 5.13 Å². The molecule has 2 rings (SSSR count). The molecule has 2 aromatic heterocycles. The average Bonchev–Trinajstić information content (AvgIpc) is 2.57. The van der Waals surface area contributed by atoms with Gasteiger partial charge in [-0.1, -0.05) is 6.07 Å². The number of anilines is 1. The van der Waals surface area contributed by atoms with Crippen LogP contribution in [0.15, 0.2) is 24.4 Å². The third-order valence-electron chi connectivity index (χ3n) is 2.18. The van der Waals surface area contributed by atoms with E-state index in [2.05, 4.69) is 22.2 Å². The van der Waals surface area contributed by atoms with Gasteiger partial charge in [-0.2, -0.15) is 0 Å². The number of nitrogens with zero attached hydrogens (tertiary/aromatic N) is 2. The number of pyridine rings is 1. The fourth-order valence-corrected chi connectivity index (χ4v) is 2.03. The highest BCUT2D eigenvalue weighted by atomic mass is 32.1. The van der Waals surface area contributed by atoms with Crippen LogP contribution in [0, 0.1) is 13.8 Å². The van der Waals surface area contributed by atoms with Gasteiger partial charge in [-0.3, -0.25) is 4.98 Å². The van der Waals surface area contributed by atoms with Crippen LogP contribution >= 0.6 is 11.3 Å². The predicted molar refractivity (Wildman–Crippen MR) is 63.2 cm³/mol. The van der Waals surface area contributed by atoms with Gasteiger partial charge in [-0.05, 0) is 26.0 Å². The lowest BCUT2D eigenvalue weighted by Gasteiger charge is -2.00. The van der Waals surface area contributed by atoms with Crippen LogP contribution in [0.1, 0.15) is 16.3 Å². The Morgan fingerprint density at radius 3 is 2.80 bits per heavy atom. The van der Waals surface area contributed by atoms with Crippen molar-refractivity contribution in [1.82, 2.24) is 9.97 Å². The molecule has 2 heterocycles. The lowest BCUT2D eigenvalue weighted by atomic mass is 10.3. The SMILES string of the molecule is Cc1nc(NCc2ccccn2)sc1C. The molecule has 2 aromatic rings. The first-order valence-electron chi connectivity index (χ1n) is 4.83. The Bertz CT molecular complexity index is 417. The molecule has 0 spiro atoms. The normalized spacial score (nSPS) is 10.3. The van der Waals surface area contributed by atoms with Gasteiger partial charge in [0.2, 0.25) is 0 Å². The van der Waals surface area contributed by atoms with Crippen LogP contribution in [0.25, 0.3) is 0 Å². The monoisotopic (exact) mass is 219 g/mol. The van der Waals surface area contributed by atoms with Crippen molar-refractivity contribution in [3.8, 4) is 0 Å². The quantitative estimate of drug-likeness (QED) is 0.862. The molecule has 0 radical (unpaired) electrons. The Labute approximate surface area is 93.2 Å². The van der Waals surface area contributed by atoms with Gasteiger partial charge < -0.3 is 5.32 Å². The zero-order chi connectivity index (χ0) is 10.7. The first-order chi connectivity index (χ1) is 7.25. The van der Waals surface area contributed by atoms with Crippen LogP contribution in [0.3, 0.4) is 0 Å². The van der Waals surface area contributed by atoms with Crippen molar-refractivity contribution < 1.29 is 0 Å². The molecule has 0 saturated heterocycles. The molecule has 0 aliphatic rings.